The quantitative estimate of drug-likeness (QED) is 0.111. The predicted molar refractivity (Wildman–Crippen MR) is 367 cm³/mol. The van der Waals surface area contributed by atoms with Gasteiger partial charge in [-0.05, 0) is 211 Å². The van der Waals surface area contributed by atoms with E-state index >= 15 is 0 Å². The first-order valence-corrected chi connectivity index (χ1v) is 34.3. The summed E-state index contributed by atoms with van der Waals surface area (Å²) in [7, 11) is -0.651. The molecule has 0 bridgehead atoms. The molecular formula is C70H88BBrN8O8S2. The van der Waals surface area contributed by atoms with Crippen molar-refractivity contribution < 1.29 is 35.7 Å². The van der Waals surface area contributed by atoms with Gasteiger partial charge in [-0.25, -0.2) is 26.3 Å². The highest BCUT2D eigenvalue weighted by Crippen LogP contribution is 2.53. The largest absolute Gasteiger partial charge is 0.494 e. The second kappa shape index (κ2) is 26.2. The number of aryl methyl sites for hydroxylation is 6. The Morgan fingerprint density at radius 3 is 1.46 bits per heavy atom. The van der Waals surface area contributed by atoms with Crippen LogP contribution < -0.4 is 24.7 Å². The number of amides is 2. The third kappa shape index (κ3) is 13.1. The van der Waals surface area contributed by atoms with Crippen LogP contribution in [0.5, 0.6) is 0 Å². The number of halogens is 1. The molecule has 2 amide bonds. The predicted octanol–water partition coefficient (Wildman–Crippen LogP) is 12.8. The molecule has 5 aliphatic rings. The van der Waals surface area contributed by atoms with Crippen molar-refractivity contribution in [2.45, 2.75) is 165 Å². The van der Waals surface area contributed by atoms with Crippen LogP contribution in [0.2, 0.25) is 0 Å². The summed E-state index contributed by atoms with van der Waals surface area (Å²) in [5, 5.41) is 10.9. The second-order valence-electron chi connectivity index (χ2n) is 25.7. The van der Waals surface area contributed by atoms with Gasteiger partial charge in [-0.2, -0.15) is 10.2 Å². The Balaban J connectivity index is 0.000000177. The van der Waals surface area contributed by atoms with Crippen LogP contribution in [-0.4, -0.2) is 93.7 Å². The van der Waals surface area contributed by atoms with Crippen LogP contribution in [-0.2, 0) is 76.7 Å². The van der Waals surface area contributed by atoms with Crippen molar-refractivity contribution >= 4 is 93.6 Å². The number of carbonyl (C=O) groups excluding carboxylic acids is 2. The molecule has 90 heavy (non-hydrogen) atoms. The highest BCUT2D eigenvalue weighted by Gasteiger charge is 2.53. The van der Waals surface area contributed by atoms with Gasteiger partial charge < -0.3 is 19.1 Å². The maximum absolute atomic E-state index is 13.6. The molecular weight excluding hydrogens is 1240 g/mol. The van der Waals surface area contributed by atoms with E-state index in [4.69, 9.17) is 9.31 Å². The zero-order chi connectivity index (χ0) is 62.7. The van der Waals surface area contributed by atoms with Gasteiger partial charge in [0.1, 0.15) is 0 Å². The van der Waals surface area contributed by atoms with E-state index in [0.717, 1.165) is 75.6 Å². The molecule has 1 saturated heterocycles. The van der Waals surface area contributed by atoms with Crippen molar-refractivity contribution in [3.63, 3.8) is 0 Å². The third-order valence-electron chi connectivity index (χ3n) is 19.6. The summed E-state index contributed by atoms with van der Waals surface area (Å²) in [5.41, 5.74) is 13.9. The van der Waals surface area contributed by atoms with Gasteiger partial charge in [0.25, 0.3) is 0 Å². The molecule has 2 saturated carbocycles. The summed E-state index contributed by atoms with van der Waals surface area (Å²) in [4.78, 5) is 31.5. The molecule has 6 aromatic carbocycles. The van der Waals surface area contributed by atoms with Gasteiger partial charge in [0.05, 0.1) is 44.4 Å². The van der Waals surface area contributed by atoms with Gasteiger partial charge in [0.2, 0.25) is 31.9 Å². The molecule has 8 aromatic rings. The van der Waals surface area contributed by atoms with E-state index in [9.17, 15) is 26.4 Å². The van der Waals surface area contributed by atoms with E-state index in [1.54, 1.807) is 48.5 Å². The lowest BCUT2D eigenvalue weighted by atomic mass is 9.74. The smallest absolute Gasteiger partial charge is 0.399 e. The van der Waals surface area contributed by atoms with Crippen LogP contribution in [0.1, 0.15) is 140 Å². The third-order valence-corrected chi connectivity index (χ3v) is 23.3. The minimum absolute atomic E-state index is 0. The number of fused-ring (bicyclic) bond motifs is 6. The fraction of sp³-hybridized carbons (Fsp3) is 0.429. The van der Waals surface area contributed by atoms with E-state index in [1.807, 2.05) is 51.7 Å². The van der Waals surface area contributed by atoms with Gasteiger partial charge in [-0.1, -0.05) is 98.9 Å². The monoisotopic (exact) mass is 1320 g/mol. The number of nitrogens with zero attached hydrogens (tertiary/aromatic N) is 6. The number of carbonyl (C=O) groups is 2. The SMILES string of the molecule is C.C.CNS(=O)(=O)c1ccc(CCC(=O)N2CC3(CCCC3)c3cc(-c4cc5cnn(C)c5cc4C)ccc32)cc1.CNS(=O)(=O)c1ccc(CCC(=O)N2CC3(CCCC3)c3cc(B4OC(C)(C)C(C)(C)O4)ccc32)cc1.Cc1cc2c(cnn2C)cc1Br. The molecule has 5 heterocycles. The highest BCUT2D eigenvalue weighted by atomic mass is 79.9. The molecule has 3 fully saturated rings. The Morgan fingerprint density at radius 1 is 0.578 bits per heavy atom. The maximum atomic E-state index is 13.6. The first-order chi connectivity index (χ1) is 41.8. The van der Waals surface area contributed by atoms with Gasteiger partial charge in [-0.15, -0.1) is 0 Å². The minimum atomic E-state index is -3.47. The Bertz CT molecular complexity index is 4200. The number of hydrogen-bond acceptors (Lipinski definition) is 10. The number of benzene rings is 6. The van der Waals surface area contributed by atoms with Crippen LogP contribution >= 0.6 is 15.9 Å². The average Bonchev–Trinajstić information content (AvgIpc) is 1.92. The molecule has 20 heteroatoms. The van der Waals surface area contributed by atoms with Crippen LogP contribution in [0.25, 0.3) is 32.9 Å². The van der Waals surface area contributed by atoms with Crippen molar-refractivity contribution in [2.75, 3.05) is 37.0 Å². The van der Waals surface area contributed by atoms with Crippen molar-refractivity contribution in [3.8, 4) is 11.1 Å². The fourth-order valence-corrected chi connectivity index (χ4v) is 15.4. The number of nitrogens with one attached hydrogen (secondary N) is 2. The van der Waals surface area contributed by atoms with Gasteiger partial charge in [0.15, 0.2) is 0 Å². The zero-order valence-electron chi connectivity index (χ0n) is 52.2. The average molecular weight is 1320 g/mol. The fourth-order valence-electron chi connectivity index (χ4n) is 13.6. The number of rotatable bonds is 12. The van der Waals surface area contributed by atoms with Crippen LogP contribution in [0.3, 0.4) is 0 Å². The summed E-state index contributed by atoms with van der Waals surface area (Å²) in [6, 6.07) is 35.1. The molecule has 16 nitrogen and oxygen atoms in total. The first-order valence-electron chi connectivity index (χ1n) is 30.6. The lowest BCUT2D eigenvalue weighted by Crippen LogP contribution is -2.41. The van der Waals surface area contributed by atoms with Crippen molar-refractivity contribution in [1.82, 2.24) is 29.0 Å². The lowest BCUT2D eigenvalue weighted by molar-refractivity contribution is -0.119. The van der Waals surface area contributed by atoms with Crippen molar-refractivity contribution in [1.29, 1.82) is 0 Å². The molecule has 3 aliphatic heterocycles. The molecule has 0 unspecified atom stereocenters. The molecule has 478 valence electrons. The van der Waals surface area contributed by atoms with E-state index in [-0.39, 0.29) is 47.3 Å². The topological polar surface area (TPSA) is 187 Å². The molecule has 0 radical (unpaired) electrons. The highest BCUT2D eigenvalue weighted by molar-refractivity contribution is 9.10. The Labute approximate surface area is 541 Å². The molecule has 2 aliphatic carbocycles. The Morgan fingerprint density at radius 2 is 1.00 bits per heavy atom. The van der Waals surface area contributed by atoms with E-state index in [2.05, 4.69) is 132 Å². The van der Waals surface area contributed by atoms with Gasteiger partial charge in [0, 0.05) is 77.5 Å². The summed E-state index contributed by atoms with van der Waals surface area (Å²) < 4.78 is 70.2. The van der Waals surface area contributed by atoms with Gasteiger partial charge >= 0.3 is 7.12 Å². The van der Waals surface area contributed by atoms with E-state index in [0.29, 0.717) is 32.2 Å². The van der Waals surface area contributed by atoms with E-state index < -0.39 is 38.4 Å². The van der Waals surface area contributed by atoms with Crippen LogP contribution in [0, 0.1) is 13.8 Å². The summed E-state index contributed by atoms with van der Waals surface area (Å²) in [6.07, 6.45) is 14.8. The minimum Gasteiger partial charge on any atom is -0.399 e. The number of hydrogen-bond donors (Lipinski definition) is 2. The molecule has 2 N–H and O–H groups in total. The summed E-state index contributed by atoms with van der Waals surface area (Å²) >= 11 is 3.49. The van der Waals surface area contributed by atoms with Crippen molar-refractivity contribution in [3.05, 3.63) is 159 Å². The second-order valence-corrected chi connectivity index (χ2v) is 30.3. The van der Waals surface area contributed by atoms with Crippen molar-refractivity contribution in [2.24, 2.45) is 14.1 Å². The number of anilines is 2. The van der Waals surface area contributed by atoms with Crippen LogP contribution in [0.4, 0.5) is 11.4 Å². The molecule has 13 rings (SSSR count). The number of sulfonamides is 2. The maximum Gasteiger partial charge on any atom is 0.494 e. The Kier molecular flexibility index (Phi) is 19.8. The standard InChI is InChI=1S/C31H34N4O3S.C28H37BN2O5S.C9H9BrN2.2CH4/c1-21-16-29-24(19-33-34(29)3)17-26(21)23-9-12-28-27(18-23)31(14-4-5-15-31)20-35(28)30(36)13-8-22-6-10-25(11-7-22)39(37,38)32-2;1-26(2)27(3,4)36-29(35-26)21-11-14-24-23(18-21)28(16-6-7-17-28)19-31(24)25(32)15-10-20-8-12-22(13-9-20)37(33,34)30-5;1-6-3-9-7(4-8(6)10)5-11-12(9)2;;/h6-7,9-12,16-19,32H,4-5,8,13-15,20H2,1-3H3;8-9,11-14,18,30H,6-7,10,15-17,19H2,1-5H3;3-5H,1-2H3;2*1H4. The Hall–Kier alpha value is -6.52. The molecule has 2 spiro atoms. The lowest BCUT2D eigenvalue weighted by Gasteiger charge is -2.32. The van der Waals surface area contributed by atoms with E-state index in [1.165, 1.54) is 84.1 Å². The summed E-state index contributed by atoms with van der Waals surface area (Å²) in [6.45, 7) is 13.9. The van der Waals surface area contributed by atoms with Gasteiger partial charge in [-0.3, -0.25) is 19.0 Å². The number of aromatic nitrogens is 4. The first kappa shape index (κ1) is 67.9. The normalized spacial score (nSPS) is 17.4. The zero-order valence-corrected chi connectivity index (χ0v) is 55.4. The molecule has 0 atom stereocenters. The summed E-state index contributed by atoms with van der Waals surface area (Å²) in [5.74, 6) is 0.216. The van der Waals surface area contributed by atoms with Crippen LogP contribution in [0.15, 0.2) is 136 Å². The molecule has 2 aromatic heterocycles.